The van der Waals surface area contributed by atoms with Crippen molar-refractivity contribution in [2.24, 2.45) is 0 Å². The van der Waals surface area contributed by atoms with Crippen LogP contribution < -0.4 is 0 Å². The summed E-state index contributed by atoms with van der Waals surface area (Å²) in [6.45, 7) is 2.03. The molecule has 56 valence electrons. The smallest absolute Gasteiger partial charge is 0.195 e. The van der Waals surface area contributed by atoms with Gasteiger partial charge in [0.05, 0.1) is 0 Å². The summed E-state index contributed by atoms with van der Waals surface area (Å²) in [5.74, 6) is 0.811. The fraction of sp³-hybridized carbons (Fsp3) is 0.222. The molecule has 2 aromatic rings. The van der Waals surface area contributed by atoms with Crippen molar-refractivity contribution in [3.63, 3.8) is 0 Å². The van der Waals surface area contributed by atoms with Gasteiger partial charge in [-0.15, -0.1) is 0 Å². The first-order chi connectivity index (χ1) is 5.40. The monoisotopic (exact) mass is 147 g/mol. The molecule has 0 radical (unpaired) electrons. The highest BCUT2D eigenvalue weighted by molar-refractivity contribution is 5.72. The molecule has 11 heavy (non-hydrogen) atoms. The van der Waals surface area contributed by atoms with E-state index in [1.165, 1.54) is 0 Å². The van der Waals surface area contributed by atoms with E-state index in [-0.39, 0.29) is 0 Å². The molecule has 0 aliphatic rings. The molecule has 0 amide bonds. The highest BCUT2D eigenvalue weighted by atomic mass is 16.3. The van der Waals surface area contributed by atoms with Gasteiger partial charge in [0.2, 0.25) is 0 Å². The molecule has 1 aromatic carbocycles. The predicted octanol–water partition coefficient (Wildman–Crippen LogP) is 2.39. The van der Waals surface area contributed by atoms with Crippen LogP contribution in [0.15, 0.2) is 28.7 Å². The highest BCUT2D eigenvalue weighted by Gasteiger charge is 2.00. The van der Waals surface area contributed by atoms with Gasteiger partial charge in [0, 0.05) is 6.42 Å². The van der Waals surface area contributed by atoms with Crippen LogP contribution in [0.4, 0.5) is 0 Å². The molecule has 2 heteroatoms. The van der Waals surface area contributed by atoms with Crippen LogP contribution in [0.1, 0.15) is 12.8 Å². The zero-order chi connectivity index (χ0) is 7.68. The second-order valence-electron chi connectivity index (χ2n) is 2.43. The third kappa shape index (κ3) is 1.00. The third-order valence-corrected chi connectivity index (χ3v) is 1.64. The van der Waals surface area contributed by atoms with E-state index in [1.807, 2.05) is 31.2 Å². The van der Waals surface area contributed by atoms with E-state index in [4.69, 9.17) is 4.42 Å². The molecule has 0 atom stereocenters. The summed E-state index contributed by atoms with van der Waals surface area (Å²) in [6, 6.07) is 7.80. The SMILES string of the molecule is CCc1nc2ccccc2o1. The fourth-order valence-corrected chi connectivity index (χ4v) is 1.07. The van der Waals surface area contributed by atoms with Crippen LogP contribution in [-0.2, 0) is 6.42 Å². The van der Waals surface area contributed by atoms with Gasteiger partial charge in [0.1, 0.15) is 5.52 Å². The van der Waals surface area contributed by atoms with E-state index in [2.05, 4.69) is 4.98 Å². The predicted molar refractivity (Wildman–Crippen MR) is 43.4 cm³/mol. The van der Waals surface area contributed by atoms with Crippen molar-refractivity contribution in [3.05, 3.63) is 30.2 Å². The Balaban J connectivity index is 2.69. The van der Waals surface area contributed by atoms with Crippen molar-refractivity contribution < 1.29 is 4.42 Å². The lowest BCUT2D eigenvalue weighted by molar-refractivity contribution is 0.538. The van der Waals surface area contributed by atoms with Gasteiger partial charge in [0.15, 0.2) is 11.5 Å². The lowest BCUT2D eigenvalue weighted by Gasteiger charge is -1.80. The van der Waals surface area contributed by atoms with Crippen molar-refractivity contribution in [1.29, 1.82) is 0 Å². The van der Waals surface area contributed by atoms with Gasteiger partial charge >= 0.3 is 0 Å². The summed E-state index contributed by atoms with van der Waals surface area (Å²) in [5.41, 5.74) is 1.83. The minimum Gasteiger partial charge on any atom is -0.441 e. The molecular formula is C9H9NO. The Bertz CT molecular complexity index is 331. The Morgan fingerprint density at radius 3 is 2.91 bits per heavy atom. The van der Waals surface area contributed by atoms with Gasteiger partial charge in [0.25, 0.3) is 0 Å². The summed E-state index contributed by atoms with van der Waals surface area (Å²) >= 11 is 0. The number of para-hydroxylation sites is 2. The third-order valence-electron chi connectivity index (χ3n) is 1.64. The number of hydrogen-bond acceptors (Lipinski definition) is 2. The second kappa shape index (κ2) is 2.38. The zero-order valence-corrected chi connectivity index (χ0v) is 6.37. The first-order valence-corrected chi connectivity index (χ1v) is 3.74. The lowest BCUT2D eigenvalue weighted by atomic mass is 10.3. The molecule has 1 heterocycles. The topological polar surface area (TPSA) is 26.0 Å². The molecule has 0 aliphatic heterocycles. The molecule has 2 nitrogen and oxygen atoms in total. The lowest BCUT2D eigenvalue weighted by Crippen LogP contribution is -1.74. The first kappa shape index (κ1) is 6.40. The summed E-state index contributed by atoms with van der Waals surface area (Å²) in [6.07, 6.45) is 0.856. The van der Waals surface area contributed by atoms with Crippen LogP contribution in [0.3, 0.4) is 0 Å². The van der Waals surface area contributed by atoms with Crippen molar-refractivity contribution in [3.8, 4) is 0 Å². The number of hydrogen-bond donors (Lipinski definition) is 0. The largest absolute Gasteiger partial charge is 0.441 e. The maximum Gasteiger partial charge on any atom is 0.195 e. The van der Waals surface area contributed by atoms with Crippen LogP contribution in [0.2, 0.25) is 0 Å². The van der Waals surface area contributed by atoms with Gasteiger partial charge in [-0.25, -0.2) is 4.98 Å². The number of aromatic nitrogens is 1. The molecular weight excluding hydrogens is 138 g/mol. The summed E-state index contributed by atoms with van der Waals surface area (Å²) in [4.78, 5) is 4.26. The number of fused-ring (bicyclic) bond motifs is 1. The van der Waals surface area contributed by atoms with E-state index in [0.29, 0.717) is 0 Å². The number of aryl methyl sites for hydroxylation is 1. The Kier molecular flexibility index (Phi) is 1.39. The summed E-state index contributed by atoms with van der Waals surface area (Å²) < 4.78 is 5.41. The van der Waals surface area contributed by atoms with Crippen LogP contribution in [-0.4, -0.2) is 4.98 Å². The number of nitrogens with zero attached hydrogens (tertiary/aromatic N) is 1. The minimum absolute atomic E-state index is 0.811. The first-order valence-electron chi connectivity index (χ1n) is 3.74. The van der Waals surface area contributed by atoms with Gasteiger partial charge in [-0.2, -0.15) is 0 Å². The molecule has 0 bridgehead atoms. The van der Waals surface area contributed by atoms with E-state index < -0.39 is 0 Å². The van der Waals surface area contributed by atoms with Crippen molar-refractivity contribution in [2.75, 3.05) is 0 Å². The summed E-state index contributed by atoms with van der Waals surface area (Å²) in [7, 11) is 0. The van der Waals surface area contributed by atoms with E-state index >= 15 is 0 Å². The average Bonchev–Trinajstić information content (AvgIpc) is 2.46. The Morgan fingerprint density at radius 2 is 2.18 bits per heavy atom. The number of benzene rings is 1. The average molecular weight is 147 g/mol. The standard InChI is InChI=1S/C9H9NO/c1-2-9-10-7-5-3-4-6-8(7)11-9/h3-6H,2H2,1H3. The van der Waals surface area contributed by atoms with Crippen molar-refractivity contribution >= 4 is 11.1 Å². The fourth-order valence-electron chi connectivity index (χ4n) is 1.07. The molecule has 0 N–H and O–H groups in total. The molecule has 0 saturated carbocycles. The van der Waals surface area contributed by atoms with Gasteiger partial charge < -0.3 is 4.42 Å². The van der Waals surface area contributed by atoms with Gasteiger partial charge in [-0.3, -0.25) is 0 Å². The molecule has 0 fully saturated rings. The number of rotatable bonds is 1. The molecule has 0 aliphatic carbocycles. The quantitative estimate of drug-likeness (QED) is 0.619. The maximum atomic E-state index is 5.41. The van der Waals surface area contributed by atoms with Crippen molar-refractivity contribution in [2.45, 2.75) is 13.3 Å². The van der Waals surface area contributed by atoms with E-state index in [1.54, 1.807) is 0 Å². The molecule has 0 unspecified atom stereocenters. The molecule has 0 saturated heterocycles. The number of oxazole rings is 1. The molecule has 1 aromatic heterocycles. The van der Waals surface area contributed by atoms with Crippen LogP contribution in [0.25, 0.3) is 11.1 Å². The molecule has 0 spiro atoms. The normalized spacial score (nSPS) is 10.6. The van der Waals surface area contributed by atoms with Crippen molar-refractivity contribution in [1.82, 2.24) is 4.98 Å². The van der Waals surface area contributed by atoms with Crippen LogP contribution in [0.5, 0.6) is 0 Å². The maximum absolute atomic E-state index is 5.41. The van der Waals surface area contributed by atoms with E-state index in [9.17, 15) is 0 Å². The van der Waals surface area contributed by atoms with E-state index in [0.717, 1.165) is 23.4 Å². The van der Waals surface area contributed by atoms with Gasteiger partial charge in [-0.1, -0.05) is 19.1 Å². The second-order valence-corrected chi connectivity index (χ2v) is 2.43. The Morgan fingerprint density at radius 1 is 1.36 bits per heavy atom. The highest BCUT2D eigenvalue weighted by Crippen LogP contribution is 2.14. The van der Waals surface area contributed by atoms with Crippen LogP contribution >= 0.6 is 0 Å². The zero-order valence-electron chi connectivity index (χ0n) is 6.37. The van der Waals surface area contributed by atoms with Crippen LogP contribution in [0, 0.1) is 0 Å². The Hall–Kier alpha value is -1.31. The minimum atomic E-state index is 0.811. The summed E-state index contributed by atoms with van der Waals surface area (Å²) in [5, 5.41) is 0. The van der Waals surface area contributed by atoms with Gasteiger partial charge in [-0.05, 0) is 12.1 Å². The molecule has 2 rings (SSSR count). The Labute approximate surface area is 64.9 Å².